The van der Waals surface area contributed by atoms with Gasteiger partial charge in [-0.3, -0.25) is 0 Å². The van der Waals surface area contributed by atoms with Crippen molar-refractivity contribution in [2.24, 2.45) is 5.92 Å². The lowest BCUT2D eigenvalue weighted by atomic mass is 10.2. The van der Waals surface area contributed by atoms with Gasteiger partial charge in [-0.2, -0.15) is 0 Å². The highest BCUT2D eigenvalue weighted by Crippen LogP contribution is 2.32. The van der Waals surface area contributed by atoms with Crippen LogP contribution in [0.4, 0.5) is 13.2 Å². The van der Waals surface area contributed by atoms with Gasteiger partial charge < -0.3 is 14.8 Å². The van der Waals surface area contributed by atoms with E-state index < -0.39 is 6.36 Å². The van der Waals surface area contributed by atoms with Crippen molar-refractivity contribution in [3.8, 4) is 11.5 Å². The number of alkyl halides is 3. The zero-order chi connectivity index (χ0) is 14.6. The summed E-state index contributed by atoms with van der Waals surface area (Å²) >= 11 is 0. The number of halogens is 3. The van der Waals surface area contributed by atoms with Crippen molar-refractivity contribution in [2.45, 2.75) is 32.2 Å². The van der Waals surface area contributed by atoms with E-state index in [-0.39, 0.29) is 5.75 Å². The second kappa shape index (κ2) is 6.35. The van der Waals surface area contributed by atoms with E-state index in [4.69, 9.17) is 4.74 Å². The predicted molar refractivity (Wildman–Crippen MR) is 68.8 cm³/mol. The van der Waals surface area contributed by atoms with Crippen LogP contribution in [0.2, 0.25) is 0 Å². The molecule has 1 N–H and O–H groups in total. The van der Waals surface area contributed by atoms with Crippen LogP contribution in [0.25, 0.3) is 0 Å². The van der Waals surface area contributed by atoms with Crippen LogP contribution >= 0.6 is 0 Å². The monoisotopic (exact) mass is 289 g/mol. The molecule has 1 fully saturated rings. The Hall–Kier alpha value is -1.43. The number of benzene rings is 1. The molecule has 0 radical (unpaired) electrons. The molecule has 0 bridgehead atoms. The van der Waals surface area contributed by atoms with Gasteiger partial charge in [-0.15, -0.1) is 13.2 Å². The summed E-state index contributed by atoms with van der Waals surface area (Å²) in [5, 5.41) is 3.36. The maximum Gasteiger partial charge on any atom is 0.573 e. The van der Waals surface area contributed by atoms with E-state index in [9.17, 15) is 13.2 Å². The van der Waals surface area contributed by atoms with E-state index >= 15 is 0 Å². The molecular weight excluding hydrogens is 271 g/mol. The van der Waals surface area contributed by atoms with Crippen LogP contribution in [-0.2, 0) is 0 Å². The number of nitrogens with one attached hydrogen (secondary N) is 1. The SMILES string of the molecule is CC(NCCOc1ccc(OC(F)(F)F)cc1)C1CC1. The standard InChI is InChI=1S/C14H18F3NO2/c1-10(11-2-3-11)18-8-9-19-12-4-6-13(7-5-12)20-14(15,16)17/h4-7,10-11,18H,2-3,8-9H2,1H3. The van der Waals surface area contributed by atoms with Crippen LogP contribution in [0.15, 0.2) is 24.3 Å². The third kappa shape index (κ3) is 5.28. The van der Waals surface area contributed by atoms with Gasteiger partial charge in [0.2, 0.25) is 0 Å². The van der Waals surface area contributed by atoms with Gasteiger partial charge in [-0.25, -0.2) is 0 Å². The molecule has 1 unspecified atom stereocenters. The van der Waals surface area contributed by atoms with Crippen molar-refractivity contribution < 1.29 is 22.6 Å². The molecule has 1 aromatic rings. The molecule has 1 aliphatic rings. The first-order valence-electron chi connectivity index (χ1n) is 6.66. The molecular formula is C14H18F3NO2. The molecule has 2 rings (SSSR count). The van der Waals surface area contributed by atoms with Crippen LogP contribution in [-0.4, -0.2) is 25.6 Å². The fourth-order valence-corrected chi connectivity index (χ4v) is 1.96. The molecule has 0 saturated heterocycles. The Kier molecular flexibility index (Phi) is 4.75. The first kappa shape index (κ1) is 15.0. The van der Waals surface area contributed by atoms with E-state index in [1.807, 2.05) is 0 Å². The number of ether oxygens (including phenoxy) is 2. The van der Waals surface area contributed by atoms with Gasteiger partial charge in [-0.1, -0.05) is 0 Å². The van der Waals surface area contributed by atoms with Gasteiger partial charge in [-0.05, 0) is 49.9 Å². The number of hydrogen-bond acceptors (Lipinski definition) is 3. The van der Waals surface area contributed by atoms with E-state index in [1.165, 1.54) is 37.1 Å². The molecule has 0 amide bonds. The van der Waals surface area contributed by atoms with Crippen molar-refractivity contribution in [3.05, 3.63) is 24.3 Å². The lowest BCUT2D eigenvalue weighted by Crippen LogP contribution is -2.31. The minimum absolute atomic E-state index is 0.245. The smallest absolute Gasteiger partial charge is 0.492 e. The van der Waals surface area contributed by atoms with Gasteiger partial charge in [0.25, 0.3) is 0 Å². The number of hydrogen-bond donors (Lipinski definition) is 1. The summed E-state index contributed by atoms with van der Waals surface area (Å²) in [6.45, 7) is 3.36. The summed E-state index contributed by atoms with van der Waals surface area (Å²) in [4.78, 5) is 0. The molecule has 0 aromatic heterocycles. The van der Waals surface area contributed by atoms with Gasteiger partial charge in [0.05, 0.1) is 0 Å². The molecule has 0 heterocycles. The molecule has 6 heteroatoms. The Labute approximate surface area is 116 Å². The molecule has 1 aliphatic carbocycles. The molecule has 112 valence electrons. The van der Waals surface area contributed by atoms with Gasteiger partial charge in [0.1, 0.15) is 18.1 Å². The first-order valence-corrected chi connectivity index (χ1v) is 6.66. The Bertz CT molecular complexity index is 415. The Morgan fingerprint density at radius 3 is 2.35 bits per heavy atom. The van der Waals surface area contributed by atoms with Gasteiger partial charge in [0, 0.05) is 12.6 Å². The summed E-state index contributed by atoms with van der Waals surface area (Å²) in [6.07, 6.45) is -2.09. The van der Waals surface area contributed by atoms with E-state index in [0.29, 0.717) is 18.4 Å². The summed E-state index contributed by atoms with van der Waals surface area (Å²) in [7, 11) is 0. The van der Waals surface area contributed by atoms with Crippen molar-refractivity contribution in [2.75, 3.05) is 13.2 Å². The molecule has 1 aromatic carbocycles. The zero-order valence-electron chi connectivity index (χ0n) is 11.2. The highest BCUT2D eigenvalue weighted by atomic mass is 19.4. The molecule has 1 atom stereocenters. The van der Waals surface area contributed by atoms with Crippen molar-refractivity contribution in [1.82, 2.24) is 5.32 Å². The van der Waals surface area contributed by atoms with Crippen LogP contribution in [0.3, 0.4) is 0 Å². The summed E-state index contributed by atoms with van der Waals surface area (Å²) in [6, 6.07) is 5.91. The third-order valence-electron chi connectivity index (χ3n) is 3.22. The minimum atomic E-state index is -4.66. The quantitative estimate of drug-likeness (QED) is 0.781. The topological polar surface area (TPSA) is 30.5 Å². The van der Waals surface area contributed by atoms with E-state index in [1.54, 1.807) is 0 Å². The van der Waals surface area contributed by atoms with Gasteiger partial charge in [0.15, 0.2) is 0 Å². The fourth-order valence-electron chi connectivity index (χ4n) is 1.96. The minimum Gasteiger partial charge on any atom is -0.492 e. The lowest BCUT2D eigenvalue weighted by molar-refractivity contribution is -0.274. The van der Waals surface area contributed by atoms with Crippen LogP contribution in [0, 0.1) is 5.92 Å². The molecule has 1 saturated carbocycles. The highest BCUT2D eigenvalue weighted by molar-refractivity contribution is 5.31. The Morgan fingerprint density at radius 2 is 1.80 bits per heavy atom. The Morgan fingerprint density at radius 1 is 1.20 bits per heavy atom. The summed E-state index contributed by atoms with van der Waals surface area (Å²) in [5.74, 6) is 1.07. The summed E-state index contributed by atoms with van der Waals surface area (Å²) < 4.78 is 45.1. The molecule has 3 nitrogen and oxygen atoms in total. The molecule has 0 spiro atoms. The maximum absolute atomic E-state index is 12.0. The molecule has 0 aliphatic heterocycles. The van der Waals surface area contributed by atoms with E-state index in [0.717, 1.165) is 12.5 Å². The highest BCUT2D eigenvalue weighted by Gasteiger charge is 2.31. The maximum atomic E-state index is 12.0. The zero-order valence-corrected chi connectivity index (χ0v) is 11.2. The van der Waals surface area contributed by atoms with Crippen LogP contribution in [0.1, 0.15) is 19.8 Å². The largest absolute Gasteiger partial charge is 0.573 e. The fraction of sp³-hybridized carbons (Fsp3) is 0.571. The predicted octanol–water partition coefficient (Wildman–Crippen LogP) is 3.35. The number of rotatable bonds is 7. The first-order chi connectivity index (χ1) is 9.44. The summed E-state index contributed by atoms with van der Waals surface area (Å²) in [5.41, 5.74) is 0. The lowest BCUT2D eigenvalue weighted by Gasteiger charge is -2.13. The second-order valence-corrected chi connectivity index (χ2v) is 4.95. The average Bonchev–Trinajstić information content (AvgIpc) is 3.18. The average molecular weight is 289 g/mol. The van der Waals surface area contributed by atoms with E-state index in [2.05, 4.69) is 17.0 Å². The van der Waals surface area contributed by atoms with Crippen molar-refractivity contribution >= 4 is 0 Å². The van der Waals surface area contributed by atoms with Crippen LogP contribution in [0.5, 0.6) is 11.5 Å². The van der Waals surface area contributed by atoms with Crippen molar-refractivity contribution in [3.63, 3.8) is 0 Å². The van der Waals surface area contributed by atoms with Gasteiger partial charge >= 0.3 is 6.36 Å². The molecule has 20 heavy (non-hydrogen) atoms. The second-order valence-electron chi connectivity index (χ2n) is 4.95. The third-order valence-corrected chi connectivity index (χ3v) is 3.22. The normalized spacial score (nSPS) is 16.8. The van der Waals surface area contributed by atoms with Crippen molar-refractivity contribution in [1.29, 1.82) is 0 Å². The Balaban J connectivity index is 1.68. The van der Waals surface area contributed by atoms with Crippen LogP contribution < -0.4 is 14.8 Å².